The lowest BCUT2D eigenvalue weighted by molar-refractivity contribution is -0.122. The van der Waals surface area contributed by atoms with Crippen molar-refractivity contribution >= 4 is 5.91 Å². The Bertz CT molecular complexity index is 227. The van der Waals surface area contributed by atoms with Crippen molar-refractivity contribution in [2.75, 3.05) is 6.61 Å². The number of carbonyl (C=O) groups excluding carboxylic acids is 1. The van der Waals surface area contributed by atoms with Crippen LogP contribution in [0, 0.1) is 5.92 Å². The summed E-state index contributed by atoms with van der Waals surface area (Å²) >= 11 is 0. The van der Waals surface area contributed by atoms with Crippen LogP contribution in [0.4, 0.5) is 0 Å². The maximum atomic E-state index is 11.0. The van der Waals surface area contributed by atoms with Crippen LogP contribution in [0.2, 0.25) is 0 Å². The summed E-state index contributed by atoms with van der Waals surface area (Å²) in [4.78, 5) is 11.0. The van der Waals surface area contributed by atoms with Crippen molar-refractivity contribution in [2.45, 2.75) is 38.1 Å². The molecule has 0 aromatic heterocycles. The average Bonchev–Trinajstić information content (AvgIpc) is 2.17. The van der Waals surface area contributed by atoms with E-state index in [0.29, 0.717) is 5.92 Å². The van der Waals surface area contributed by atoms with Crippen molar-refractivity contribution in [3.63, 3.8) is 0 Å². The molecule has 2 N–H and O–H groups in total. The van der Waals surface area contributed by atoms with Gasteiger partial charge >= 0.3 is 0 Å². The number of hydrogen-bond acceptors (Lipinski definition) is 2. The van der Waals surface area contributed by atoms with E-state index in [1.165, 1.54) is 6.92 Å². The second kappa shape index (κ2) is 4.60. The summed E-state index contributed by atoms with van der Waals surface area (Å²) in [5.41, 5.74) is -0.400. The standard InChI is InChI=1S/C11H19NO2/c1-3-10-5-4-6-11(7-10,8-13)12-9(2)14/h3,10,13H,1,4-8H2,2H3,(H,12,14). The highest BCUT2D eigenvalue weighted by atomic mass is 16.3. The Morgan fingerprint density at radius 2 is 2.50 bits per heavy atom. The molecule has 1 aliphatic carbocycles. The third-order valence-corrected chi connectivity index (χ3v) is 2.96. The topological polar surface area (TPSA) is 49.3 Å². The minimum absolute atomic E-state index is 0.0247. The molecule has 1 rings (SSSR count). The van der Waals surface area contributed by atoms with Crippen molar-refractivity contribution in [3.05, 3.63) is 12.7 Å². The van der Waals surface area contributed by atoms with E-state index < -0.39 is 5.54 Å². The lowest BCUT2D eigenvalue weighted by Crippen LogP contribution is -2.53. The second-order valence-corrected chi connectivity index (χ2v) is 4.21. The van der Waals surface area contributed by atoms with E-state index in [9.17, 15) is 9.90 Å². The zero-order valence-electron chi connectivity index (χ0n) is 8.75. The molecular weight excluding hydrogens is 178 g/mol. The predicted molar refractivity (Wildman–Crippen MR) is 55.8 cm³/mol. The highest BCUT2D eigenvalue weighted by Gasteiger charge is 2.35. The highest BCUT2D eigenvalue weighted by Crippen LogP contribution is 2.32. The third-order valence-electron chi connectivity index (χ3n) is 2.96. The molecule has 1 fully saturated rings. The predicted octanol–water partition coefficient (Wildman–Crippen LogP) is 1.23. The van der Waals surface area contributed by atoms with Crippen molar-refractivity contribution in [2.24, 2.45) is 5.92 Å². The Morgan fingerprint density at radius 3 is 3.00 bits per heavy atom. The third kappa shape index (κ3) is 2.58. The molecule has 80 valence electrons. The largest absolute Gasteiger partial charge is 0.394 e. The van der Waals surface area contributed by atoms with E-state index in [-0.39, 0.29) is 12.5 Å². The Kier molecular flexibility index (Phi) is 3.69. The van der Waals surface area contributed by atoms with Gasteiger partial charge in [0.15, 0.2) is 0 Å². The molecule has 0 bridgehead atoms. The van der Waals surface area contributed by atoms with Gasteiger partial charge in [0.1, 0.15) is 0 Å². The summed E-state index contributed by atoms with van der Waals surface area (Å²) in [5.74, 6) is 0.353. The van der Waals surface area contributed by atoms with Crippen LogP contribution in [0.3, 0.4) is 0 Å². The molecule has 2 atom stereocenters. The van der Waals surface area contributed by atoms with Gasteiger partial charge in [-0.3, -0.25) is 4.79 Å². The number of aliphatic hydroxyl groups excluding tert-OH is 1. The Labute approximate surface area is 85.2 Å². The Balaban J connectivity index is 2.67. The van der Waals surface area contributed by atoms with E-state index in [1.54, 1.807) is 0 Å². The first-order valence-corrected chi connectivity index (χ1v) is 5.14. The average molecular weight is 197 g/mol. The maximum absolute atomic E-state index is 11.0. The summed E-state index contributed by atoms with van der Waals surface area (Å²) in [5, 5.41) is 12.2. The lowest BCUT2D eigenvalue weighted by Gasteiger charge is -2.39. The Hall–Kier alpha value is -0.830. The zero-order chi connectivity index (χ0) is 10.6. The van der Waals surface area contributed by atoms with Crippen molar-refractivity contribution in [1.29, 1.82) is 0 Å². The van der Waals surface area contributed by atoms with Crippen LogP contribution in [0.1, 0.15) is 32.6 Å². The van der Waals surface area contributed by atoms with Gasteiger partial charge in [-0.15, -0.1) is 6.58 Å². The molecule has 2 unspecified atom stereocenters. The molecular formula is C11H19NO2. The molecule has 0 radical (unpaired) electrons. The molecule has 14 heavy (non-hydrogen) atoms. The van der Waals surface area contributed by atoms with E-state index in [1.807, 2.05) is 6.08 Å². The summed E-state index contributed by atoms with van der Waals surface area (Å²) < 4.78 is 0. The van der Waals surface area contributed by atoms with Crippen LogP contribution in [-0.2, 0) is 4.79 Å². The van der Waals surface area contributed by atoms with Crippen LogP contribution in [0.5, 0.6) is 0 Å². The maximum Gasteiger partial charge on any atom is 0.217 e. The molecule has 0 saturated heterocycles. The van der Waals surface area contributed by atoms with Gasteiger partial charge in [-0.25, -0.2) is 0 Å². The number of amides is 1. The van der Waals surface area contributed by atoms with Crippen LogP contribution in [0.25, 0.3) is 0 Å². The first-order valence-electron chi connectivity index (χ1n) is 5.14. The summed E-state index contributed by atoms with van der Waals surface area (Å²) in [6, 6.07) is 0. The van der Waals surface area contributed by atoms with E-state index in [0.717, 1.165) is 25.7 Å². The van der Waals surface area contributed by atoms with Gasteiger partial charge in [-0.05, 0) is 25.2 Å². The Morgan fingerprint density at radius 1 is 1.79 bits per heavy atom. The van der Waals surface area contributed by atoms with Gasteiger partial charge in [0.05, 0.1) is 12.1 Å². The molecule has 1 amide bonds. The molecule has 0 aromatic rings. The van der Waals surface area contributed by atoms with Gasteiger partial charge in [0.2, 0.25) is 5.91 Å². The van der Waals surface area contributed by atoms with Crippen molar-refractivity contribution in [3.8, 4) is 0 Å². The minimum atomic E-state index is -0.400. The number of rotatable bonds is 3. The second-order valence-electron chi connectivity index (χ2n) is 4.21. The first kappa shape index (κ1) is 11.2. The minimum Gasteiger partial charge on any atom is -0.394 e. The van der Waals surface area contributed by atoms with Crippen molar-refractivity contribution < 1.29 is 9.90 Å². The van der Waals surface area contributed by atoms with Crippen LogP contribution < -0.4 is 5.32 Å². The van der Waals surface area contributed by atoms with Gasteiger partial charge in [-0.1, -0.05) is 12.5 Å². The molecule has 0 spiro atoms. The monoisotopic (exact) mass is 197 g/mol. The van der Waals surface area contributed by atoms with E-state index in [4.69, 9.17) is 0 Å². The lowest BCUT2D eigenvalue weighted by atomic mass is 9.76. The molecule has 0 heterocycles. The molecule has 0 aromatic carbocycles. The van der Waals surface area contributed by atoms with Gasteiger partial charge in [0.25, 0.3) is 0 Å². The molecule has 3 nitrogen and oxygen atoms in total. The van der Waals surface area contributed by atoms with E-state index >= 15 is 0 Å². The fourth-order valence-electron chi connectivity index (χ4n) is 2.28. The fourth-order valence-corrected chi connectivity index (χ4v) is 2.28. The van der Waals surface area contributed by atoms with E-state index in [2.05, 4.69) is 11.9 Å². The zero-order valence-corrected chi connectivity index (χ0v) is 8.75. The number of nitrogens with one attached hydrogen (secondary N) is 1. The van der Waals surface area contributed by atoms with Gasteiger partial charge in [-0.2, -0.15) is 0 Å². The first-order chi connectivity index (χ1) is 6.62. The molecule has 0 aliphatic heterocycles. The molecule has 3 heteroatoms. The van der Waals surface area contributed by atoms with Crippen molar-refractivity contribution in [1.82, 2.24) is 5.32 Å². The fraction of sp³-hybridized carbons (Fsp3) is 0.727. The molecule has 1 aliphatic rings. The number of aliphatic hydroxyl groups is 1. The van der Waals surface area contributed by atoms with Gasteiger partial charge in [0, 0.05) is 6.92 Å². The molecule has 1 saturated carbocycles. The summed E-state index contributed by atoms with van der Waals surface area (Å²) in [6.45, 7) is 5.29. The highest BCUT2D eigenvalue weighted by molar-refractivity contribution is 5.73. The SMILES string of the molecule is C=CC1CCCC(CO)(NC(C)=O)C1. The normalized spacial score (nSPS) is 32.3. The van der Waals surface area contributed by atoms with Gasteiger partial charge < -0.3 is 10.4 Å². The number of carbonyl (C=O) groups is 1. The van der Waals surface area contributed by atoms with Crippen LogP contribution in [0.15, 0.2) is 12.7 Å². The summed E-state index contributed by atoms with van der Waals surface area (Å²) in [6.07, 6.45) is 5.76. The number of allylic oxidation sites excluding steroid dienone is 1. The quantitative estimate of drug-likeness (QED) is 0.668. The summed E-state index contributed by atoms with van der Waals surface area (Å²) in [7, 11) is 0. The smallest absolute Gasteiger partial charge is 0.217 e. The number of hydrogen-bond donors (Lipinski definition) is 2. The van der Waals surface area contributed by atoms with Crippen LogP contribution in [-0.4, -0.2) is 23.2 Å². The van der Waals surface area contributed by atoms with Crippen LogP contribution >= 0.6 is 0 Å².